The fourth-order valence-corrected chi connectivity index (χ4v) is 1.30. The average molecular weight is 223 g/mol. The van der Waals surface area contributed by atoms with E-state index in [0.717, 1.165) is 0 Å². The van der Waals surface area contributed by atoms with E-state index in [1.165, 1.54) is 6.20 Å². The van der Waals surface area contributed by atoms with Gasteiger partial charge in [-0.3, -0.25) is 5.10 Å². The molecule has 2 aromatic rings. The van der Waals surface area contributed by atoms with E-state index in [2.05, 4.69) is 20.3 Å². The molecule has 0 aliphatic carbocycles. The van der Waals surface area contributed by atoms with E-state index >= 15 is 0 Å². The number of aromatic nitrogens is 4. The lowest BCUT2D eigenvalue weighted by molar-refractivity contribution is 0.0683. The predicted molar refractivity (Wildman–Crippen MR) is 56.3 cm³/mol. The third kappa shape index (κ3) is 1.89. The number of ether oxygens (including phenoxy) is 1. The van der Waals surface area contributed by atoms with E-state index in [1.807, 2.05) is 13.8 Å². The molecule has 0 fully saturated rings. The Labute approximate surface area is 92.0 Å². The number of anilines is 1. The van der Waals surface area contributed by atoms with Gasteiger partial charge >= 0.3 is 0 Å². The lowest BCUT2D eigenvalue weighted by Gasteiger charge is -2.04. The van der Waals surface area contributed by atoms with Gasteiger partial charge in [-0.25, -0.2) is 0 Å². The summed E-state index contributed by atoms with van der Waals surface area (Å²) >= 11 is 0. The summed E-state index contributed by atoms with van der Waals surface area (Å²) < 4.78 is 10.4. The zero-order chi connectivity index (χ0) is 11.5. The number of hydrogen-bond acceptors (Lipinski definition) is 6. The van der Waals surface area contributed by atoms with Gasteiger partial charge in [-0.05, 0) is 13.8 Å². The van der Waals surface area contributed by atoms with Crippen LogP contribution in [0.2, 0.25) is 0 Å². The second-order valence-corrected chi connectivity index (χ2v) is 3.25. The molecule has 3 N–H and O–H groups in total. The van der Waals surface area contributed by atoms with E-state index in [9.17, 15) is 0 Å². The van der Waals surface area contributed by atoms with Crippen molar-refractivity contribution in [2.75, 3.05) is 12.3 Å². The second-order valence-electron chi connectivity index (χ2n) is 3.25. The molecule has 0 saturated carbocycles. The topological polar surface area (TPSA) is 103 Å². The number of H-pyrrole nitrogens is 1. The summed E-state index contributed by atoms with van der Waals surface area (Å²) in [5.41, 5.74) is 6.24. The first-order valence-corrected chi connectivity index (χ1v) is 4.96. The Morgan fingerprint density at radius 1 is 1.62 bits per heavy atom. The number of nitrogens with one attached hydrogen (secondary N) is 1. The van der Waals surface area contributed by atoms with Crippen LogP contribution in [0.5, 0.6) is 0 Å². The van der Waals surface area contributed by atoms with E-state index in [4.69, 9.17) is 15.0 Å². The molecule has 0 saturated heterocycles. The van der Waals surface area contributed by atoms with E-state index < -0.39 is 0 Å². The molecule has 0 bridgehead atoms. The molecule has 0 aliphatic rings. The monoisotopic (exact) mass is 223 g/mol. The van der Waals surface area contributed by atoms with Crippen molar-refractivity contribution >= 4 is 5.82 Å². The molecule has 7 heteroatoms. The quantitative estimate of drug-likeness (QED) is 0.805. The highest BCUT2D eigenvalue weighted by molar-refractivity contribution is 5.65. The van der Waals surface area contributed by atoms with Crippen molar-refractivity contribution in [3.8, 4) is 11.5 Å². The largest absolute Gasteiger partial charge is 0.383 e. The molecule has 2 aromatic heterocycles. The fraction of sp³-hybridized carbons (Fsp3) is 0.444. The molecule has 86 valence electrons. The molecule has 1 atom stereocenters. The number of nitrogens with two attached hydrogens (primary N) is 1. The normalized spacial score (nSPS) is 12.9. The molecular weight excluding hydrogens is 210 g/mol. The predicted octanol–water partition coefficient (Wildman–Crippen LogP) is 1.14. The molecule has 0 spiro atoms. The van der Waals surface area contributed by atoms with Crippen LogP contribution < -0.4 is 5.73 Å². The Kier molecular flexibility index (Phi) is 2.86. The first-order valence-electron chi connectivity index (χ1n) is 4.96. The van der Waals surface area contributed by atoms with Crippen molar-refractivity contribution in [1.82, 2.24) is 20.3 Å². The highest BCUT2D eigenvalue weighted by Gasteiger charge is 2.17. The number of nitrogen functional groups attached to an aromatic ring is 1. The van der Waals surface area contributed by atoms with Crippen LogP contribution in [-0.4, -0.2) is 26.9 Å². The number of aromatic amines is 1. The molecule has 0 aliphatic heterocycles. The summed E-state index contributed by atoms with van der Waals surface area (Å²) in [5, 5.41) is 10.2. The maximum absolute atomic E-state index is 5.64. The minimum atomic E-state index is -0.198. The molecule has 16 heavy (non-hydrogen) atoms. The van der Waals surface area contributed by atoms with Gasteiger partial charge in [-0.2, -0.15) is 10.1 Å². The Morgan fingerprint density at radius 2 is 2.44 bits per heavy atom. The van der Waals surface area contributed by atoms with Crippen LogP contribution in [0.15, 0.2) is 10.7 Å². The van der Waals surface area contributed by atoms with Gasteiger partial charge < -0.3 is 15.0 Å². The van der Waals surface area contributed by atoms with Crippen LogP contribution in [0, 0.1) is 0 Å². The third-order valence-electron chi connectivity index (χ3n) is 2.12. The Morgan fingerprint density at radius 3 is 3.06 bits per heavy atom. The summed E-state index contributed by atoms with van der Waals surface area (Å²) in [7, 11) is 0. The summed E-state index contributed by atoms with van der Waals surface area (Å²) in [4.78, 5) is 4.19. The molecule has 7 nitrogen and oxygen atoms in total. The summed E-state index contributed by atoms with van der Waals surface area (Å²) in [5.74, 6) is 1.24. The van der Waals surface area contributed by atoms with E-state index in [1.54, 1.807) is 0 Å². The van der Waals surface area contributed by atoms with E-state index in [-0.39, 0.29) is 6.10 Å². The van der Waals surface area contributed by atoms with Gasteiger partial charge in [-0.15, -0.1) is 0 Å². The summed E-state index contributed by atoms with van der Waals surface area (Å²) in [6.07, 6.45) is 1.34. The minimum absolute atomic E-state index is 0.198. The van der Waals surface area contributed by atoms with Crippen molar-refractivity contribution in [3.05, 3.63) is 12.0 Å². The van der Waals surface area contributed by atoms with Gasteiger partial charge in [0.05, 0.1) is 6.20 Å². The lowest BCUT2D eigenvalue weighted by Crippen LogP contribution is -2.01. The number of hydrogen-bond donors (Lipinski definition) is 2. The smallest absolute Gasteiger partial charge is 0.263 e. The lowest BCUT2D eigenvalue weighted by atomic mass is 10.3. The fourth-order valence-electron chi connectivity index (χ4n) is 1.30. The zero-order valence-corrected chi connectivity index (χ0v) is 9.10. The molecule has 0 aromatic carbocycles. The molecule has 2 rings (SSSR count). The first kappa shape index (κ1) is 10.6. The highest BCUT2D eigenvalue weighted by atomic mass is 16.5. The van der Waals surface area contributed by atoms with Crippen LogP contribution in [0.1, 0.15) is 25.8 Å². The maximum Gasteiger partial charge on any atom is 0.263 e. The van der Waals surface area contributed by atoms with Crippen LogP contribution >= 0.6 is 0 Å². The van der Waals surface area contributed by atoms with Crippen molar-refractivity contribution in [3.63, 3.8) is 0 Å². The average Bonchev–Trinajstić information content (AvgIpc) is 2.86. The third-order valence-corrected chi connectivity index (χ3v) is 2.12. The molecular formula is C9H13N5O2. The van der Waals surface area contributed by atoms with Gasteiger partial charge in [0, 0.05) is 6.61 Å². The van der Waals surface area contributed by atoms with Gasteiger partial charge in [-0.1, -0.05) is 5.16 Å². The summed E-state index contributed by atoms with van der Waals surface area (Å²) in [6.45, 7) is 4.36. The van der Waals surface area contributed by atoms with Gasteiger partial charge in [0.2, 0.25) is 5.82 Å². The minimum Gasteiger partial charge on any atom is -0.383 e. The molecule has 0 radical (unpaired) electrons. The highest BCUT2D eigenvalue weighted by Crippen LogP contribution is 2.23. The van der Waals surface area contributed by atoms with Crippen LogP contribution in [-0.2, 0) is 4.74 Å². The second kappa shape index (κ2) is 4.31. The van der Waals surface area contributed by atoms with Crippen molar-refractivity contribution in [1.29, 1.82) is 0 Å². The maximum atomic E-state index is 5.64. The SMILES string of the molecule is CCOC(C)c1noc(-c2cn[nH]c2N)n1. The van der Waals surface area contributed by atoms with Crippen molar-refractivity contribution in [2.45, 2.75) is 20.0 Å². The number of nitrogens with zero attached hydrogens (tertiary/aromatic N) is 3. The standard InChI is InChI=1S/C9H13N5O2/c1-3-15-5(2)8-12-9(16-14-8)6-4-11-13-7(6)10/h4-5H,3H2,1-2H3,(H3,10,11,13). The van der Waals surface area contributed by atoms with Crippen molar-refractivity contribution in [2.24, 2.45) is 0 Å². The molecule has 0 amide bonds. The van der Waals surface area contributed by atoms with E-state index in [0.29, 0.717) is 29.7 Å². The van der Waals surface area contributed by atoms with Gasteiger partial charge in [0.25, 0.3) is 5.89 Å². The van der Waals surface area contributed by atoms with Gasteiger partial charge in [0.1, 0.15) is 17.5 Å². The van der Waals surface area contributed by atoms with Gasteiger partial charge in [0.15, 0.2) is 0 Å². The zero-order valence-electron chi connectivity index (χ0n) is 9.10. The molecule has 1 unspecified atom stereocenters. The van der Waals surface area contributed by atoms with Crippen LogP contribution in [0.25, 0.3) is 11.5 Å². The van der Waals surface area contributed by atoms with Crippen LogP contribution in [0.3, 0.4) is 0 Å². The first-order chi connectivity index (χ1) is 7.72. The van der Waals surface area contributed by atoms with Crippen molar-refractivity contribution < 1.29 is 9.26 Å². The van der Waals surface area contributed by atoms with Crippen LogP contribution in [0.4, 0.5) is 5.82 Å². The summed E-state index contributed by atoms with van der Waals surface area (Å²) in [6, 6.07) is 0. The molecule has 2 heterocycles. The Hall–Kier alpha value is -1.89. The Bertz CT molecular complexity index is 464. The Balaban J connectivity index is 2.23. The number of rotatable bonds is 4.